The van der Waals surface area contributed by atoms with Crippen LogP contribution in [0.3, 0.4) is 0 Å². The van der Waals surface area contributed by atoms with Crippen LogP contribution < -0.4 is 0 Å². The number of unbranched alkanes of at least 4 members (excludes halogenated alkanes) is 24. The molecule has 0 aliphatic heterocycles. The van der Waals surface area contributed by atoms with Crippen molar-refractivity contribution in [3.63, 3.8) is 0 Å². The van der Waals surface area contributed by atoms with Crippen LogP contribution in [-0.2, 0) is 42.2 Å². The second kappa shape index (κ2) is 48.9. The normalized spacial score (nSPS) is 13.8. The van der Waals surface area contributed by atoms with Crippen LogP contribution in [-0.4, -0.2) is 66.5 Å². The van der Waals surface area contributed by atoms with E-state index in [1.54, 1.807) is 0 Å². The molecule has 0 aromatic carbocycles. The smallest absolute Gasteiger partial charge is 0.462 e. The number of allylic oxidation sites excluding steroid dienone is 8. The Kier molecular flexibility index (Phi) is 47.0. The molecular formula is C54H97O11P. The van der Waals surface area contributed by atoms with Crippen LogP contribution in [0, 0.1) is 0 Å². The van der Waals surface area contributed by atoms with Gasteiger partial charge in [0.2, 0.25) is 0 Å². The first kappa shape index (κ1) is 63.4. The molecule has 0 aromatic heterocycles. The molecule has 2 N–H and O–H groups in total. The SMILES string of the molecule is CC/C=C\C/C=C\C/C=C\C/C=C\CCCCCCC(=O)OC(COC(=O)CCCCCCCCCCCCC)COP(=O)(O)OCC(CO)OC(=O)CCCCCCCCCCCCC. The van der Waals surface area contributed by atoms with Crippen molar-refractivity contribution in [1.29, 1.82) is 0 Å². The third-order valence-corrected chi connectivity index (χ3v) is 12.2. The van der Waals surface area contributed by atoms with Gasteiger partial charge in [-0.05, 0) is 57.8 Å². The molecule has 11 nitrogen and oxygen atoms in total. The van der Waals surface area contributed by atoms with E-state index < -0.39 is 57.8 Å². The summed E-state index contributed by atoms with van der Waals surface area (Å²) >= 11 is 0. The van der Waals surface area contributed by atoms with Gasteiger partial charge < -0.3 is 24.2 Å². The first-order valence-corrected chi connectivity index (χ1v) is 28.0. The van der Waals surface area contributed by atoms with Crippen LogP contribution in [0.1, 0.15) is 239 Å². The molecule has 0 spiro atoms. The number of hydrogen-bond donors (Lipinski definition) is 2. The highest BCUT2D eigenvalue weighted by Crippen LogP contribution is 2.43. The summed E-state index contributed by atoms with van der Waals surface area (Å²) in [6.45, 7) is 4.49. The summed E-state index contributed by atoms with van der Waals surface area (Å²) in [7, 11) is -4.74. The molecule has 0 saturated carbocycles. The monoisotopic (exact) mass is 953 g/mol. The zero-order valence-corrected chi connectivity index (χ0v) is 43.1. The van der Waals surface area contributed by atoms with Gasteiger partial charge in [-0.15, -0.1) is 0 Å². The molecule has 0 heterocycles. The fourth-order valence-electron chi connectivity index (χ4n) is 7.23. The Morgan fingerprint density at radius 2 is 0.788 bits per heavy atom. The highest BCUT2D eigenvalue weighted by atomic mass is 31.2. The maximum absolute atomic E-state index is 12.8. The van der Waals surface area contributed by atoms with Crippen molar-refractivity contribution in [3.05, 3.63) is 48.6 Å². The van der Waals surface area contributed by atoms with Gasteiger partial charge in [0.05, 0.1) is 19.8 Å². The highest BCUT2D eigenvalue weighted by molar-refractivity contribution is 7.47. The molecule has 12 heteroatoms. The van der Waals surface area contributed by atoms with Crippen LogP contribution in [0.25, 0.3) is 0 Å². The number of ether oxygens (including phenoxy) is 3. The molecule has 0 radical (unpaired) electrons. The first-order valence-electron chi connectivity index (χ1n) is 26.5. The predicted molar refractivity (Wildman–Crippen MR) is 270 cm³/mol. The van der Waals surface area contributed by atoms with Crippen molar-refractivity contribution in [2.45, 2.75) is 251 Å². The molecule has 384 valence electrons. The molecule has 0 fully saturated rings. The maximum atomic E-state index is 12.8. The standard InChI is InChI=1S/C54H97O11P/c1-4-7-10-13-16-19-22-23-24-25-26-27-30-33-36-39-42-45-54(58)65-51(47-61-52(56)43-40-37-34-31-28-20-17-14-11-8-5-2)49-63-66(59,60)62-48-50(46-55)64-53(57)44-41-38-35-32-29-21-18-15-12-9-6-3/h7,10,16,19,23-24,26-27,50-51,55H,4-6,8-9,11-15,17-18,20-22,25,28-49H2,1-3H3,(H,59,60)/b10-7-,19-16-,24-23-,27-26-. The van der Waals surface area contributed by atoms with Gasteiger partial charge in [0.25, 0.3) is 0 Å². The highest BCUT2D eigenvalue weighted by Gasteiger charge is 2.28. The maximum Gasteiger partial charge on any atom is 0.472 e. The molecule has 0 aromatic rings. The minimum Gasteiger partial charge on any atom is -0.462 e. The molecule has 0 rings (SSSR count). The second-order valence-electron chi connectivity index (χ2n) is 17.7. The minimum atomic E-state index is -4.74. The number of phosphoric ester groups is 1. The van der Waals surface area contributed by atoms with E-state index in [2.05, 4.69) is 69.4 Å². The lowest BCUT2D eigenvalue weighted by Crippen LogP contribution is -2.30. The molecular weight excluding hydrogens is 856 g/mol. The number of hydrogen-bond acceptors (Lipinski definition) is 10. The fraction of sp³-hybridized carbons (Fsp3) is 0.796. The number of aliphatic hydroxyl groups is 1. The van der Waals surface area contributed by atoms with Crippen LogP contribution in [0.4, 0.5) is 0 Å². The van der Waals surface area contributed by atoms with E-state index >= 15 is 0 Å². The van der Waals surface area contributed by atoms with Gasteiger partial charge in [-0.1, -0.05) is 211 Å². The Hall–Kier alpha value is -2.56. The van der Waals surface area contributed by atoms with Gasteiger partial charge in [0, 0.05) is 19.3 Å². The quantitative estimate of drug-likeness (QED) is 0.0197. The van der Waals surface area contributed by atoms with Crippen LogP contribution in [0.15, 0.2) is 48.6 Å². The lowest BCUT2D eigenvalue weighted by atomic mass is 10.1. The fourth-order valence-corrected chi connectivity index (χ4v) is 8.01. The minimum absolute atomic E-state index is 0.142. The summed E-state index contributed by atoms with van der Waals surface area (Å²) in [4.78, 5) is 48.3. The molecule has 3 unspecified atom stereocenters. The number of phosphoric acid groups is 1. The van der Waals surface area contributed by atoms with Gasteiger partial charge in [-0.25, -0.2) is 4.57 Å². The van der Waals surface area contributed by atoms with Crippen molar-refractivity contribution in [3.8, 4) is 0 Å². The van der Waals surface area contributed by atoms with Gasteiger partial charge in [0.1, 0.15) is 12.7 Å². The van der Waals surface area contributed by atoms with Gasteiger partial charge in [0.15, 0.2) is 6.10 Å². The average Bonchev–Trinajstić information content (AvgIpc) is 3.30. The van der Waals surface area contributed by atoms with Gasteiger partial charge in [-0.3, -0.25) is 23.4 Å². The number of esters is 3. The first-order chi connectivity index (χ1) is 32.2. The van der Waals surface area contributed by atoms with E-state index in [9.17, 15) is 28.9 Å². The summed E-state index contributed by atoms with van der Waals surface area (Å²) in [6, 6.07) is 0. The summed E-state index contributed by atoms with van der Waals surface area (Å²) in [5.41, 5.74) is 0. The number of aliphatic hydroxyl groups excluding tert-OH is 1. The van der Waals surface area contributed by atoms with Crippen LogP contribution in [0.2, 0.25) is 0 Å². The van der Waals surface area contributed by atoms with Crippen molar-refractivity contribution in [2.75, 3.05) is 26.4 Å². The summed E-state index contributed by atoms with van der Waals surface area (Å²) in [6.07, 6.45) is 49.3. The van der Waals surface area contributed by atoms with Crippen molar-refractivity contribution >= 4 is 25.7 Å². The van der Waals surface area contributed by atoms with Crippen molar-refractivity contribution in [2.24, 2.45) is 0 Å². The molecule has 0 saturated heterocycles. The molecule has 0 aliphatic carbocycles. The number of carbonyl (C=O) groups is 3. The third-order valence-electron chi connectivity index (χ3n) is 11.3. The summed E-state index contributed by atoms with van der Waals surface area (Å²) < 4.78 is 39.3. The van der Waals surface area contributed by atoms with E-state index in [0.717, 1.165) is 89.9 Å². The van der Waals surface area contributed by atoms with Crippen LogP contribution >= 0.6 is 7.82 Å². The van der Waals surface area contributed by atoms with Crippen molar-refractivity contribution in [1.82, 2.24) is 0 Å². The number of carbonyl (C=O) groups excluding carboxylic acids is 3. The molecule has 0 aliphatic rings. The van der Waals surface area contributed by atoms with E-state index in [1.165, 1.54) is 89.9 Å². The average molecular weight is 953 g/mol. The third kappa shape index (κ3) is 46.5. The van der Waals surface area contributed by atoms with E-state index in [1.807, 2.05) is 0 Å². The number of rotatable bonds is 49. The summed E-state index contributed by atoms with van der Waals surface area (Å²) in [5, 5.41) is 9.76. The van der Waals surface area contributed by atoms with E-state index in [4.69, 9.17) is 23.3 Å². The van der Waals surface area contributed by atoms with Crippen molar-refractivity contribution < 1.29 is 52.2 Å². The Bertz CT molecular complexity index is 1300. The Morgan fingerprint density at radius 3 is 1.21 bits per heavy atom. The molecule has 3 atom stereocenters. The largest absolute Gasteiger partial charge is 0.472 e. The Balaban J connectivity index is 4.76. The summed E-state index contributed by atoms with van der Waals surface area (Å²) in [5.74, 6) is -1.48. The van der Waals surface area contributed by atoms with Gasteiger partial charge >= 0.3 is 25.7 Å². The zero-order chi connectivity index (χ0) is 48.4. The zero-order valence-electron chi connectivity index (χ0n) is 42.2. The Morgan fingerprint density at radius 1 is 0.439 bits per heavy atom. The molecule has 0 amide bonds. The van der Waals surface area contributed by atoms with Gasteiger partial charge in [-0.2, -0.15) is 0 Å². The predicted octanol–water partition coefficient (Wildman–Crippen LogP) is 15.0. The van der Waals surface area contributed by atoms with E-state index in [0.29, 0.717) is 19.3 Å². The molecule has 66 heavy (non-hydrogen) atoms. The lowest BCUT2D eigenvalue weighted by Gasteiger charge is -2.21. The molecule has 0 bridgehead atoms. The Labute approximate surface area is 403 Å². The topological polar surface area (TPSA) is 155 Å². The van der Waals surface area contributed by atoms with Crippen LogP contribution in [0.5, 0.6) is 0 Å². The second-order valence-corrected chi connectivity index (χ2v) is 19.1. The lowest BCUT2D eigenvalue weighted by molar-refractivity contribution is -0.161. The van der Waals surface area contributed by atoms with E-state index in [-0.39, 0.29) is 25.9 Å².